The molecule has 21 heavy (non-hydrogen) atoms. The fourth-order valence-electron chi connectivity index (χ4n) is 3.45. The third-order valence-corrected chi connectivity index (χ3v) is 4.53. The molecule has 2 unspecified atom stereocenters. The number of likely N-dealkylation sites (tertiary alicyclic amines) is 2. The van der Waals surface area contributed by atoms with Gasteiger partial charge in [0, 0.05) is 19.1 Å². The zero-order chi connectivity index (χ0) is 15.4. The zero-order valence-electron chi connectivity index (χ0n) is 13.2. The van der Waals surface area contributed by atoms with Gasteiger partial charge in [0.2, 0.25) is 5.91 Å². The number of nitrogens with one attached hydrogen (secondary N) is 1. The Balaban J connectivity index is 1.91. The molecular weight excluding hydrogens is 268 g/mol. The molecule has 0 spiro atoms. The van der Waals surface area contributed by atoms with Crippen LogP contribution in [0.2, 0.25) is 0 Å². The summed E-state index contributed by atoms with van der Waals surface area (Å²) in [5, 5.41) is 3.11. The average Bonchev–Trinajstić information content (AvgIpc) is 2.88. The van der Waals surface area contributed by atoms with Crippen LogP contribution in [-0.2, 0) is 4.79 Å². The molecule has 0 radical (unpaired) electrons. The number of carbonyl (C=O) groups excluding carboxylic acids is 2. The van der Waals surface area contributed by atoms with Crippen LogP contribution in [0.1, 0.15) is 39.5 Å². The highest BCUT2D eigenvalue weighted by Crippen LogP contribution is 2.18. The van der Waals surface area contributed by atoms with Gasteiger partial charge in [-0.05, 0) is 38.3 Å². The quantitative estimate of drug-likeness (QED) is 0.804. The molecule has 0 aromatic carbocycles. The molecule has 2 atom stereocenters. The van der Waals surface area contributed by atoms with E-state index in [2.05, 4.69) is 24.1 Å². The van der Waals surface area contributed by atoms with E-state index in [4.69, 9.17) is 5.73 Å². The summed E-state index contributed by atoms with van der Waals surface area (Å²) in [7, 11) is 0. The van der Waals surface area contributed by atoms with E-state index in [0.29, 0.717) is 13.1 Å². The molecule has 2 heterocycles. The van der Waals surface area contributed by atoms with E-state index in [9.17, 15) is 9.59 Å². The SMILES string of the molecule is CC(C)C(C(=O)NC1CCN(C(N)=O)C1)N1CCCCC1. The summed E-state index contributed by atoms with van der Waals surface area (Å²) in [4.78, 5) is 27.7. The Bertz CT molecular complexity index is 380. The molecule has 0 aromatic rings. The van der Waals surface area contributed by atoms with Gasteiger partial charge in [0.1, 0.15) is 0 Å². The van der Waals surface area contributed by atoms with Crippen LogP contribution in [0, 0.1) is 5.92 Å². The maximum Gasteiger partial charge on any atom is 0.314 e. The summed E-state index contributed by atoms with van der Waals surface area (Å²) in [6.07, 6.45) is 4.41. The lowest BCUT2D eigenvalue weighted by molar-refractivity contribution is -0.129. The second kappa shape index (κ2) is 7.11. The number of hydrogen-bond donors (Lipinski definition) is 2. The number of nitrogens with zero attached hydrogens (tertiary/aromatic N) is 2. The molecule has 0 saturated carbocycles. The Hall–Kier alpha value is -1.30. The molecule has 3 N–H and O–H groups in total. The molecule has 0 bridgehead atoms. The number of piperidine rings is 1. The lowest BCUT2D eigenvalue weighted by Crippen LogP contribution is -2.54. The van der Waals surface area contributed by atoms with Crippen molar-refractivity contribution < 1.29 is 9.59 Å². The predicted molar refractivity (Wildman–Crippen MR) is 81.8 cm³/mol. The van der Waals surface area contributed by atoms with Crippen LogP contribution in [0.3, 0.4) is 0 Å². The van der Waals surface area contributed by atoms with Gasteiger partial charge in [-0.2, -0.15) is 0 Å². The van der Waals surface area contributed by atoms with Crippen LogP contribution in [0.25, 0.3) is 0 Å². The van der Waals surface area contributed by atoms with E-state index >= 15 is 0 Å². The summed E-state index contributed by atoms with van der Waals surface area (Å²) < 4.78 is 0. The van der Waals surface area contributed by atoms with Gasteiger partial charge in [-0.1, -0.05) is 20.3 Å². The van der Waals surface area contributed by atoms with Crippen molar-refractivity contribution in [2.45, 2.75) is 51.6 Å². The standard InChI is InChI=1S/C15H28N4O2/c1-11(2)13(18-7-4-3-5-8-18)14(20)17-12-6-9-19(10-12)15(16)21/h11-13H,3-10H2,1-2H3,(H2,16,21)(H,17,20). The van der Waals surface area contributed by atoms with Gasteiger partial charge in [-0.15, -0.1) is 0 Å². The molecule has 2 rings (SSSR count). The largest absolute Gasteiger partial charge is 0.351 e. The third-order valence-electron chi connectivity index (χ3n) is 4.53. The van der Waals surface area contributed by atoms with Crippen molar-refractivity contribution in [2.75, 3.05) is 26.2 Å². The number of hydrogen-bond acceptors (Lipinski definition) is 3. The number of urea groups is 1. The zero-order valence-corrected chi connectivity index (χ0v) is 13.2. The molecule has 6 nitrogen and oxygen atoms in total. The summed E-state index contributed by atoms with van der Waals surface area (Å²) in [5.41, 5.74) is 5.28. The molecule has 2 aliphatic heterocycles. The van der Waals surface area contributed by atoms with Crippen molar-refractivity contribution in [2.24, 2.45) is 11.7 Å². The van der Waals surface area contributed by atoms with Crippen LogP contribution in [0.5, 0.6) is 0 Å². The highest BCUT2D eigenvalue weighted by Gasteiger charge is 2.33. The molecular formula is C15H28N4O2. The Morgan fingerprint density at radius 3 is 2.33 bits per heavy atom. The second-order valence-corrected chi connectivity index (χ2v) is 6.56. The lowest BCUT2D eigenvalue weighted by Gasteiger charge is -2.36. The van der Waals surface area contributed by atoms with E-state index in [-0.39, 0.29) is 23.9 Å². The van der Waals surface area contributed by atoms with Crippen LogP contribution >= 0.6 is 0 Å². The Kier molecular flexibility index (Phi) is 5.45. The minimum atomic E-state index is -0.400. The van der Waals surface area contributed by atoms with E-state index in [1.54, 1.807) is 4.90 Å². The van der Waals surface area contributed by atoms with Gasteiger partial charge in [0.15, 0.2) is 0 Å². The van der Waals surface area contributed by atoms with E-state index in [1.165, 1.54) is 19.3 Å². The Morgan fingerprint density at radius 1 is 1.14 bits per heavy atom. The molecule has 120 valence electrons. The molecule has 6 heteroatoms. The number of rotatable bonds is 4. The fourth-order valence-corrected chi connectivity index (χ4v) is 3.45. The minimum absolute atomic E-state index is 0.0380. The third kappa shape index (κ3) is 4.09. The van der Waals surface area contributed by atoms with Gasteiger partial charge in [-0.3, -0.25) is 9.69 Å². The molecule has 2 aliphatic rings. The lowest BCUT2D eigenvalue weighted by atomic mass is 9.98. The summed E-state index contributed by atoms with van der Waals surface area (Å²) in [6.45, 7) is 7.39. The van der Waals surface area contributed by atoms with E-state index < -0.39 is 6.03 Å². The number of nitrogens with two attached hydrogens (primary N) is 1. The van der Waals surface area contributed by atoms with Crippen molar-refractivity contribution in [1.82, 2.24) is 15.1 Å². The maximum absolute atomic E-state index is 12.6. The monoisotopic (exact) mass is 296 g/mol. The van der Waals surface area contributed by atoms with Gasteiger partial charge < -0.3 is 16.0 Å². The smallest absolute Gasteiger partial charge is 0.314 e. The van der Waals surface area contributed by atoms with Crippen molar-refractivity contribution in [3.05, 3.63) is 0 Å². The minimum Gasteiger partial charge on any atom is -0.351 e. The predicted octanol–water partition coefficient (Wildman–Crippen LogP) is 0.766. The number of carbonyl (C=O) groups is 2. The van der Waals surface area contributed by atoms with Crippen LogP contribution < -0.4 is 11.1 Å². The maximum atomic E-state index is 12.6. The first-order valence-electron chi connectivity index (χ1n) is 8.08. The topological polar surface area (TPSA) is 78.7 Å². The Labute approximate surface area is 127 Å². The molecule has 2 saturated heterocycles. The van der Waals surface area contributed by atoms with Crippen molar-refractivity contribution in [1.29, 1.82) is 0 Å². The summed E-state index contributed by atoms with van der Waals surface area (Å²) in [6, 6.07) is -0.424. The highest BCUT2D eigenvalue weighted by atomic mass is 16.2. The first-order valence-corrected chi connectivity index (χ1v) is 8.08. The average molecular weight is 296 g/mol. The normalized spacial score (nSPS) is 25.1. The molecule has 3 amide bonds. The van der Waals surface area contributed by atoms with E-state index in [1.807, 2.05) is 0 Å². The van der Waals surface area contributed by atoms with E-state index in [0.717, 1.165) is 19.5 Å². The van der Waals surface area contributed by atoms with Gasteiger partial charge in [-0.25, -0.2) is 4.79 Å². The molecule has 0 aliphatic carbocycles. The summed E-state index contributed by atoms with van der Waals surface area (Å²) in [5.74, 6) is 0.389. The molecule has 0 aromatic heterocycles. The Morgan fingerprint density at radius 2 is 1.81 bits per heavy atom. The van der Waals surface area contributed by atoms with Crippen molar-refractivity contribution in [3.8, 4) is 0 Å². The first-order chi connectivity index (χ1) is 9.99. The van der Waals surface area contributed by atoms with Crippen molar-refractivity contribution in [3.63, 3.8) is 0 Å². The fraction of sp³-hybridized carbons (Fsp3) is 0.867. The van der Waals surface area contributed by atoms with Gasteiger partial charge in [0.05, 0.1) is 6.04 Å². The van der Waals surface area contributed by atoms with Crippen LogP contribution in [0.15, 0.2) is 0 Å². The van der Waals surface area contributed by atoms with Crippen molar-refractivity contribution >= 4 is 11.9 Å². The number of amides is 3. The van der Waals surface area contributed by atoms with Crippen LogP contribution in [0.4, 0.5) is 4.79 Å². The van der Waals surface area contributed by atoms with Gasteiger partial charge >= 0.3 is 6.03 Å². The van der Waals surface area contributed by atoms with Crippen LogP contribution in [-0.4, -0.2) is 60.0 Å². The number of primary amides is 1. The van der Waals surface area contributed by atoms with Gasteiger partial charge in [0.25, 0.3) is 0 Å². The summed E-state index contributed by atoms with van der Waals surface area (Å²) >= 11 is 0. The molecule has 2 fully saturated rings. The highest BCUT2D eigenvalue weighted by molar-refractivity contribution is 5.82. The first kappa shape index (κ1) is 16.1. The second-order valence-electron chi connectivity index (χ2n) is 6.56.